The fraction of sp³-hybridized carbons (Fsp3) is 0.500. The van der Waals surface area contributed by atoms with Gasteiger partial charge in [-0.25, -0.2) is 4.79 Å². The van der Waals surface area contributed by atoms with Crippen molar-refractivity contribution >= 4 is 17.6 Å². The first kappa shape index (κ1) is 16.3. The molecular weight excluding hydrogens is 282 g/mol. The van der Waals surface area contributed by atoms with E-state index in [-0.39, 0.29) is 24.1 Å². The van der Waals surface area contributed by atoms with Gasteiger partial charge in [-0.2, -0.15) is 0 Å². The number of hydrogen-bond donors (Lipinski definition) is 3. The number of anilines is 1. The van der Waals surface area contributed by atoms with Gasteiger partial charge in [0.1, 0.15) is 0 Å². The van der Waals surface area contributed by atoms with Gasteiger partial charge < -0.3 is 20.6 Å². The minimum Gasteiger partial charge on any atom is -0.393 e. The lowest BCUT2D eigenvalue weighted by molar-refractivity contribution is 0.0827. The maximum atomic E-state index is 12.0. The lowest BCUT2D eigenvalue weighted by Gasteiger charge is -2.26. The van der Waals surface area contributed by atoms with Crippen LogP contribution in [0.1, 0.15) is 36.0 Å². The van der Waals surface area contributed by atoms with Crippen LogP contribution in [0, 0.1) is 0 Å². The Morgan fingerprint density at radius 2 is 1.86 bits per heavy atom. The summed E-state index contributed by atoms with van der Waals surface area (Å²) in [6.07, 6.45) is 2.77. The molecule has 0 radical (unpaired) electrons. The van der Waals surface area contributed by atoms with Crippen molar-refractivity contribution in [2.75, 3.05) is 19.4 Å². The van der Waals surface area contributed by atoms with Crippen molar-refractivity contribution in [3.05, 3.63) is 29.8 Å². The fourth-order valence-corrected chi connectivity index (χ4v) is 2.56. The highest BCUT2D eigenvalue weighted by Crippen LogP contribution is 2.18. The third-order valence-corrected chi connectivity index (χ3v) is 3.81. The van der Waals surface area contributed by atoms with E-state index in [1.165, 1.54) is 4.90 Å². The van der Waals surface area contributed by atoms with E-state index in [9.17, 15) is 14.7 Å². The van der Waals surface area contributed by atoms with E-state index < -0.39 is 0 Å². The number of amides is 3. The van der Waals surface area contributed by atoms with E-state index >= 15 is 0 Å². The van der Waals surface area contributed by atoms with Crippen LogP contribution in [0.2, 0.25) is 0 Å². The van der Waals surface area contributed by atoms with Gasteiger partial charge in [0, 0.05) is 31.4 Å². The summed E-state index contributed by atoms with van der Waals surface area (Å²) in [5, 5.41) is 15.1. The van der Waals surface area contributed by atoms with Gasteiger partial charge in [-0.3, -0.25) is 4.79 Å². The van der Waals surface area contributed by atoms with Gasteiger partial charge in [-0.15, -0.1) is 0 Å². The van der Waals surface area contributed by atoms with Crippen LogP contribution in [0.3, 0.4) is 0 Å². The molecule has 1 aliphatic rings. The molecular formula is C16H23N3O3. The molecule has 3 amide bonds. The van der Waals surface area contributed by atoms with E-state index in [4.69, 9.17) is 0 Å². The van der Waals surface area contributed by atoms with Crippen molar-refractivity contribution in [1.82, 2.24) is 10.2 Å². The molecule has 0 saturated heterocycles. The van der Waals surface area contributed by atoms with Gasteiger partial charge >= 0.3 is 6.03 Å². The van der Waals surface area contributed by atoms with E-state index in [1.54, 1.807) is 38.4 Å². The lowest BCUT2D eigenvalue weighted by atomic mass is 9.93. The molecule has 0 atom stereocenters. The number of carbonyl (C=O) groups is 2. The van der Waals surface area contributed by atoms with Crippen molar-refractivity contribution < 1.29 is 14.7 Å². The molecule has 1 saturated carbocycles. The Kier molecular flexibility index (Phi) is 5.38. The molecule has 1 aliphatic carbocycles. The van der Waals surface area contributed by atoms with Crippen LogP contribution in [-0.2, 0) is 0 Å². The number of urea groups is 1. The minimum absolute atomic E-state index is 0.0926. The Balaban J connectivity index is 1.91. The quantitative estimate of drug-likeness (QED) is 0.796. The highest BCUT2D eigenvalue weighted by molar-refractivity contribution is 5.96. The SMILES string of the molecule is CN(C)C(=O)c1cccc(NC(=O)NC2CCC(O)CC2)c1. The zero-order valence-corrected chi connectivity index (χ0v) is 13.0. The summed E-state index contributed by atoms with van der Waals surface area (Å²) in [7, 11) is 3.37. The number of nitrogens with one attached hydrogen (secondary N) is 2. The maximum absolute atomic E-state index is 12.0. The van der Waals surface area contributed by atoms with Crippen molar-refractivity contribution in [2.45, 2.75) is 37.8 Å². The second kappa shape index (κ2) is 7.26. The third-order valence-electron chi connectivity index (χ3n) is 3.81. The standard InChI is InChI=1S/C16H23N3O3/c1-19(2)15(21)11-4-3-5-13(10-11)18-16(22)17-12-6-8-14(20)9-7-12/h3-5,10,12,14,20H,6-9H2,1-2H3,(H2,17,18,22). The summed E-state index contributed by atoms with van der Waals surface area (Å²) in [4.78, 5) is 25.4. The highest BCUT2D eigenvalue weighted by Gasteiger charge is 2.20. The molecule has 0 bridgehead atoms. The fourth-order valence-electron chi connectivity index (χ4n) is 2.56. The Morgan fingerprint density at radius 1 is 1.18 bits per heavy atom. The number of rotatable bonds is 3. The number of carbonyl (C=O) groups excluding carboxylic acids is 2. The van der Waals surface area contributed by atoms with Gasteiger partial charge in [0.05, 0.1) is 6.10 Å². The molecule has 6 heteroatoms. The zero-order valence-electron chi connectivity index (χ0n) is 13.0. The molecule has 22 heavy (non-hydrogen) atoms. The van der Waals surface area contributed by atoms with E-state index in [1.807, 2.05) is 0 Å². The zero-order chi connectivity index (χ0) is 16.1. The number of benzene rings is 1. The molecule has 1 fully saturated rings. The second-order valence-electron chi connectivity index (χ2n) is 5.88. The molecule has 0 aromatic heterocycles. The van der Waals surface area contributed by atoms with Crippen LogP contribution < -0.4 is 10.6 Å². The van der Waals surface area contributed by atoms with E-state index in [2.05, 4.69) is 10.6 Å². The topological polar surface area (TPSA) is 81.7 Å². The number of nitrogens with zero attached hydrogens (tertiary/aromatic N) is 1. The molecule has 0 unspecified atom stereocenters. The average molecular weight is 305 g/mol. The highest BCUT2D eigenvalue weighted by atomic mass is 16.3. The monoisotopic (exact) mass is 305 g/mol. The average Bonchev–Trinajstić information content (AvgIpc) is 2.49. The van der Waals surface area contributed by atoms with Crippen LogP contribution in [0.4, 0.5) is 10.5 Å². The van der Waals surface area contributed by atoms with Crippen molar-refractivity contribution in [3.8, 4) is 0 Å². The summed E-state index contributed by atoms with van der Waals surface area (Å²) < 4.78 is 0. The maximum Gasteiger partial charge on any atom is 0.319 e. The number of aliphatic hydroxyl groups excluding tert-OH is 1. The smallest absolute Gasteiger partial charge is 0.319 e. The minimum atomic E-state index is -0.282. The Labute approximate surface area is 130 Å². The van der Waals surface area contributed by atoms with E-state index in [0.29, 0.717) is 11.3 Å². The van der Waals surface area contributed by atoms with Gasteiger partial charge in [0.15, 0.2) is 0 Å². The van der Waals surface area contributed by atoms with Gasteiger partial charge in [0.25, 0.3) is 5.91 Å². The predicted octanol–water partition coefficient (Wildman–Crippen LogP) is 1.81. The van der Waals surface area contributed by atoms with Crippen LogP contribution in [0.5, 0.6) is 0 Å². The number of aliphatic hydroxyl groups is 1. The largest absolute Gasteiger partial charge is 0.393 e. The summed E-state index contributed by atoms with van der Waals surface area (Å²) in [5.74, 6) is -0.106. The van der Waals surface area contributed by atoms with Crippen LogP contribution in [0.25, 0.3) is 0 Å². The molecule has 120 valence electrons. The van der Waals surface area contributed by atoms with Crippen molar-refractivity contribution in [1.29, 1.82) is 0 Å². The first-order chi connectivity index (χ1) is 10.5. The third kappa shape index (κ3) is 4.46. The van der Waals surface area contributed by atoms with Crippen LogP contribution in [0.15, 0.2) is 24.3 Å². The number of hydrogen-bond acceptors (Lipinski definition) is 3. The van der Waals surface area contributed by atoms with Crippen LogP contribution in [-0.4, -0.2) is 48.2 Å². The molecule has 1 aromatic rings. The molecule has 0 spiro atoms. The predicted molar refractivity (Wildman–Crippen MR) is 84.9 cm³/mol. The summed E-state index contributed by atoms with van der Waals surface area (Å²) in [6, 6.07) is 6.67. The Bertz CT molecular complexity index is 537. The van der Waals surface area contributed by atoms with E-state index in [0.717, 1.165) is 25.7 Å². The van der Waals surface area contributed by atoms with Crippen molar-refractivity contribution in [2.24, 2.45) is 0 Å². The van der Waals surface area contributed by atoms with Crippen LogP contribution >= 0.6 is 0 Å². The molecule has 0 heterocycles. The molecule has 1 aromatic carbocycles. The molecule has 6 nitrogen and oxygen atoms in total. The van der Waals surface area contributed by atoms with Gasteiger partial charge in [0.2, 0.25) is 0 Å². The van der Waals surface area contributed by atoms with Gasteiger partial charge in [-0.05, 0) is 43.9 Å². The molecule has 3 N–H and O–H groups in total. The summed E-state index contributed by atoms with van der Waals surface area (Å²) >= 11 is 0. The Hall–Kier alpha value is -2.08. The second-order valence-corrected chi connectivity index (χ2v) is 5.88. The van der Waals surface area contributed by atoms with Crippen molar-refractivity contribution in [3.63, 3.8) is 0 Å². The lowest BCUT2D eigenvalue weighted by Crippen LogP contribution is -2.40. The Morgan fingerprint density at radius 3 is 2.50 bits per heavy atom. The van der Waals surface area contributed by atoms with Gasteiger partial charge in [-0.1, -0.05) is 6.07 Å². The first-order valence-electron chi connectivity index (χ1n) is 7.53. The normalized spacial score (nSPS) is 21.0. The summed E-state index contributed by atoms with van der Waals surface area (Å²) in [5.41, 5.74) is 1.12. The summed E-state index contributed by atoms with van der Waals surface area (Å²) in [6.45, 7) is 0. The molecule has 0 aliphatic heterocycles. The molecule has 2 rings (SSSR count). The first-order valence-corrected chi connectivity index (χ1v) is 7.53.